The first kappa shape index (κ1) is 74.5. The molecule has 450 valence electrons. The molecule has 0 fully saturated rings. The number of carbonyl (C=O) groups is 3. The number of esters is 2. The molecule has 9 heteroatoms. The number of unbranched alkanes of at least 4 members (excludes halogenated alkanes) is 30. The molecule has 0 aliphatic heterocycles. The van der Waals surface area contributed by atoms with E-state index in [4.69, 9.17) is 18.9 Å². The number of allylic oxidation sites excluding steroid dienone is 14. The van der Waals surface area contributed by atoms with E-state index in [0.717, 1.165) is 89.9 Å². The van der Waals surface area contributed by atoms with Gasteiger partial charge in [0.2, 0.25) is 0 Å². The number of rotatable bonds is 59. The molecule has 0 aliphatic rings. The third-order valence-corrected chi connectivity index (χ3v) is 13.9. The van der Waals surface area contributed by atoms with Crippen molar-refractivity contribution in [2.75, 3.05) is 47.5 Å². The van der Waals surface area contributed by atoms with Crippen molar-refractivity contribution >= 4 is 17.9 Å². The van der Waals surface area contributed by atoms with E-state index in [9.17, 15) is 19.5 Å². The molecule has 0 bridgehead atoms. The van der Waals surface area contributed by atoms with Crippen molar-refractivity contribution in [1.82, 2.24) is 0 Å². The second-order valence-electron chi connectivity index (χ2n) is 22.7. The van der Waals surface area contributed by atoms with Crippen LogP contribution in [0.3, 0.4) is 0 Å². The van der Waals surface area contributed by atoms with Crippen molar-refractivity contribution < 1.29 is 42.9 Å². The average molecular weight is 1090 g/mol. The van der Waals surface area contributed by atoms with Gasteiger partial charge in [-0.25, -0.2) is 0 Å². The van der Waals surface area contributed by atoms with Gasteiger partial charge in [-0.15, -0.1) is 0 Å². The molecule has 0 spiro atoms. The number of quaternary nitrogens is 1. The molecule has 0 amide bonds. The fourth-order valence-corrected chi connectivity index (χ4v) is 8.95. The summed E-state index contributed by atoms with van der Waals surface area (Å²) in [7, 11) is 5.93. The summed E-state index contributed by atoms with van der Waals surface area (Å²) < 4.78 is 22.7. The van der Waals surface area contributed by atoms with Crippen molar-refractivity contribution in [3.05, 3.63) is 85.1 Å². The smallest absolute Gasteiger partial charge is 0.306 e. The third-order valence-electron chi connectivity index (χ3n) is 13.9. The lowest BCUT2D eigenvalue weighted by atomic mass is 10.0. The predicted octanol–water partition coefficient (Wildman–Crippen LogP) is 18.2. The van der Waals surface area contributed by atoms with Crippen LogP contribution in [0.2, 0.25) is 0 Å². The van der Waals surface area contributed by atoms with Crippen LogP contribution < -0.4 is 5.11 Å². The Morgan fingerprint density at radius 2 is 0.731 bits per heavy atom. The van der Waals surface area contributed by atoms with Crippen LogP contribution in [-0.4, -0.2) is 82.3 Å². The Hall–Kier alpha value is -3.53. The highest BCUT2D eigenvalue weighted by atomic mass is 16.7. The summed E-state index contributed by atoms with van der Waals surface area (Å²) in [4.78, 5) is 37.4. The number of hydrogen-bond acceptors (Lipinski definition) is 8. The lowest BCUT2D eigenvalue weighted by Crippen LogP contribution is -2.44. The fourth-order valence-electron chi connectivity index (χ4n) is 8.95. The van der Waals surface area contributed by atoms with Crippen LogP contribution in [0.25, 0.3) is 0 Å². The van der Waals surface area contributed by atoms with Crippen molar-refractivity contribution in [3.63, 3.8) is 0 Å². The topological polar surface area (TPSA) is 111 Å². The van der Waals surface area contributed by atoms with Gasteiger partial charge in [-0.05, 0) is 89.9 Å². The van der Waals surface area contributed by atoms with Gasteiger partial charge in [-0.2, -0.15) is 0 Å². The van der Waals surface area contributed by atoms with E-state index in [1.165, 1.54) is 154 Å². The number of carboxylic acids is 1. The van der Waals surface area contributed by atoms with Gasteiger partial charge in [0.25, 0.3) is 0 Å². The number of carboxylic acid groups (broad SMARTS) is 1. The molecule has 0 saturated carbocycles. The first-order valence-corrected chi connectivity index (χ1v) is 32.2. The number of likely N-dealkylation sites (N-methyl/N-ethyl adjacent to an activating group) is 1. The Morgan fingerprint density at radius 1 is 0.397 bits per heavy atom. The fraction of sp³-hybridized carbons (Fsp3) is 0.754. The predicted molar refractivity (Wildman–Crippen MR) is 329 cm³/mol. The average Bonchev–Trinajstić information content (AvgIpc) is 3.41. The van der Waals surface area contributed by atoms with Gasteiger partial charge in [-0.1, -0.05) is 259 Å². The molecular weight excluding hydrogens is 971 g/mol. The minimum atomic E-state index is -1.62. The molecule has 0 aromatic carbocycles. The third kappa shape index (κ3) is 60.1. The zero-order valence-corrected chi connectivity index (χ0v) is 51.3. The number of aliphatic carboxylic acids is 1. The summed E-state index contributed by atoms with van der Waals surface area (Å²) in [5.74, 6) is -2.28. The number of hydrogen-bond donors (Lipinski definition) is 0. The maximum atomic E-state index is 12.9. The monoisotopic (exact) mass is 1090 g/mol. The quantitative estimate of drug-likeness (QED) is 0.0195. The maximum absolute atomic E-state index is 12.9. The van der Waals surface area contributed by atoms with Crippen LogP contribution >= 0.6 is 0 Å². The summed E-state index contributed by atoms with van der Waals surface area (Å²) in [6, 6.07) is 0. The van der Waals surface area contributed by atoms with Gasteiger partial charge in [0.1, 0.15) is 13.2 Å². The summed E-state index contributed by atoms with van der Waals surface area (Å²) in [5.41, 5.74) is 0. The second kappa shape index (κ2) is 59.6. The summed E-state index contributed by atoms with van der Waals surface area (Å²) in [6.07, 6.45) is 76.5. The van der Waals surface area contributed by atoms with E-state index in [-0.39, 0.29) is 38.6 Å². The SMILES string of the molecule is CC/C=C\C/C=C\C/C=C\C/C=C\C/C=C\C/C=C\CCCCCCCCCCCCCCCCCCC(=O)OC(COC(=O)CCCCCCCCC/C=C\CCCCCCCCC)COC(OCC[N+](C)(C)C)C(=O)[O-]. The normalized spacial score (nSPS) is 13.3. The van der Waals surface area contributed by atoms with E-state index < -0.39 is 24.3 Å². The zero-order valence-electron chi connectivity index (χ0n) is 51.3. The highest BCUT2D eigenvalue weighted by molar-refractivity contribution is 5.70. The van der Waals surface area contributed by atoms with Gasteiger partial charge in [0.15, 0.2) is 12.4 Å². The molecule has 78 heavy (non-hydrogen) atoms. The summed E-state index contributed by atoms with van der Waals surface area (Å²) in [6.45, 7) is 4.65. The first-order chi connectivity index (χ1) is 38.1. The first-order valence-electron chi connectivity index (χ1n) is 32.2. The van der Waals surface area contributed by atoms with E-state index in [0.29, 0.717) is 17.4 Å². The molecule has 0 rings (SSSR count). The molecule has 2 atom stereocenters. The molecule has 9 nitrogen and oxygen atoms in total. The molecule has 0 aromatic heterocycles. The van der Waals surface area contributed by atoms with Gasteiger partial charge in [-0.3, -0.25) is 9.59 Å². The van der Waals surface area contributed by atoms with Crippen LogP contribution in [-0.2, 0) is 33.3 Å². The molecule has 0 radical (unpaired) electrons. The van der Waals surface area contributed by atoms with E-state index in [1.807, 2.05) is 21.1 Å². The van der Waals surface area contributed by atoms with Gasteiger partial charge in [0, 0.05) is 12.8 Å². The Balaban J connectivity index is 4.11. The Labute approximate surface area is 480 Å². The lowest BCUT2D eigenvalue weighted by Gasteiger charge is -2.26. The summed E-state index contributed by atoms with van der Waals surface area (Å²) in [5, 5.41) is 11.8. The van der Waals surface area contributed by atoms with E-state index >= 15 is 0 Å². The Kier molecular flexibility index (Phi) is 56.9. The largest absolute Gasteiger partial charge is 0.545 e. The standard InChI is InChI=1S/C69H121NO8/c1-6-8-10-12-14-16-18-20-22-24-26-27-28-29-30-31-32-33-34-35-36-37-38-39-40-41-42-44-46-48-50-52-54-56-58-60-67(72)78-65(64-77-69(68(73)74)75-62-61-70(3,4)5)63-76-66(71)59-57-55-53-51-49-47-45-43-25-23-21-19-17-15-13-11-9-7-2/h8,10,14,16,20,22-23,25-27,29-30,32-33,65,69H,6-7,9,11-13,15,17-19,21,24,28,31,34-64H2,1-5H3/b10-8-,16-14-,22-20-,25-23-,27-26-,30-29-,33-32-. The Bertz CT molecular complexity index is 1550. The minimum absolute atomic E-state index is 0.146. The number of nitrogens with zero attached hydrogens (tertiary/aromatic N) is 1. The molecule has 0 aliphatic carbocycles. The van der Waals surface area contributed by atoms with Crippen LogP contribution in [0.5, 0.6) is 0 Å². The molecule has 0 aromatic rings. The lowest BCUT2D eigenvalue weighted by molar-refractivity contribution is -0.870. The van der Waals surface area contributed by atoms with Crippen LogP contribution in [0.15, 0.2) is 85.1 Å². The van der Waals surface area contributed by atoms with Crippen molar-refractivity contribution in [2.45, 2.75) is 289 Å². The van der Waals surface area contributed by atoms with Crippen molar-refractivity contribution in [3.8, 4) is 0 Å². The van der Waals surface area contributed by atoms with Gasteiger partial charge in [0.05, 0.1) is 40.3 Å². The maximum Gasteiger partial charge on any atom is 0.306 e. The van der Waals surface area contributed by atoms with Crippen molar-refractivity contribution in [2.24, 2.45) is 0 Å². The van der Waals surface area contributed by atoms with Crippen LogP contribution in [0.1, 0.15) is 277 Å². The molecule has 2 unspecified atom stereocenters. The van der Waals surface area contributed by atoms with Gasteiger partial charge < -0.3 is 33.3 Å². The minimum Gasteiger partial charge on any atom is -0.545 e. The van der Waals surface area contributed by atoms with Gasteiger partial charge >= 0.3 is 11.9 Å². The molecule has 0 saturated heterocycles. The number of ether oxygens (including phenoxy) is 4. The number of carbonyl (C=O) groups excluding carboxylic acids is 3. The van der Waals surface area contributed by atoms with E-state index in [2.05, 4.69) is 98.9 Å². The van der Waals surface area contributed by atoms with Crippen molar-refractivity contribution in [1.29, 1.82) is 0 Å². The highest BCUT2D eigenvalue weighted by Gasteiger charge is 2.22. The van der Waals surface area contributed by atoms with Crippen LogP contribution in [0.4, 0.5) is 0 Å². The second-order valence-corrected chi connectivity index (χ2v) is 22.7. The Morgan fingerprint density at radius 3 is 1.10 bits per heavy atom. The summed E-state index contributed by atoms with van der Waals surface area (Å²) >= 11 is 0. The van der Waals surface area contributed by atoms with Crippen LogP contribution in [0, 0.1) is 0 Å². The molecular formula is C69H121NO8. The highest BCUT2D eigenvalue weighted by Crippen LogP contribution is 2.17. The van der Waals surface area contributed by atoms with E-state index in [1.54, 1.807) is 0 Å². The zero-order chi connectivity index (χ0) is 56.9. The molecule has 0 N–H and O–H groups in total. The molecule has 0 heterocycles.